The monoisotopic (exact) mass is 396 g/mol. The number of carbonyl (C=O) groups is 3. The number of hydrogen-bond acceptors (Lipinski definition) is 5. The van der Waals surface area contributed by atoms with Gasteiger partial charge >= 0.3 is 0 Å². The van der Waals surface area contributed by atoms with Gasteiger partial charge in [-0.05, 0) is 48.9 Å². The molecule has 8 nitrogen and oxygen atoms in total. The van der Waals surface area contributed by atoms with Gasteiger partial charge in [-0.3, -0.25) is 19.4 Å². The summed E-state index contributed by atoms with van der Waals surface area (Å²) in [5, 5.41) is 5.48. The molecule has 0 bridgehead atoms. The van der Waals surface area contributed by atoms with Crippen LogP contribution in [0.3, 0.4) is 0 Å². The van der Waals surface area contributed by atoms with Gasteiger partial charge in [0.05, 0.1) is 13.0 Å². The Morgan fingerprint density at radius 3 is 2.55 bits per heavy atom. The minimum atomic E-state index is -0.700. The summed E-state index contributed by atoms with van der Waals surface area (Å²) >= 11 is 0. The van der Waals surface area contributed by atoms with Gasteiger partial charge < -0.3 is 20.3 Å². The lowest BCUT2D eigenvalue weighted by Gasteiger charge is -2.18. The van der Waals surface area contributed by atoms with E-state index in [9.17, 15) is 14.4 Å². The maximum atomic E-state index is 12.6. The second kappa shape index (κ2) is 9.18. The van der Waals surface area contributed by atoms with Crippen LogP contribution in [0, 0.1) is 5.92 Å². The van der Waals surface area contributed by atoms with Gasteiger partial charge in [-0.15, -0.1) is 0 Å². The zero-order valence-electron chi connectivity index (χ0n) is 16.4. The lowest BCUT2D eigenvalue weighted by Crippen LogP contribution is -2.46. The van der Waals surface area contributed by atoms with E-state index in [0.717, 1.165) is 5.56 Å². The molecule has 29 heavy (non-hydrogen) atoms. The minimum absolute atomic E-state index is 0.114. The molecule has 1 saturated heterocycles. The molecule has 152 valence electrons. The van der Waals surface area contributed by atoms with Crippen LogP contribution < -0.4 is 20.3 Å². The highest BCUT2D eigenvalue weighted by atomic mass is 16.5. The van der Waals surface area contributed by atoms with Crippen molar-refractivity contribution in [2.75, 3.05) is 18.6 Å². The van der Waals surface area contributed by atoms with Gasteiger partial charge in [0.25, 0.3) is 0 Å². The molecule has 1 fully saturated rings. The fourth-order valence-corrected chi connectivity index (χ4v) is 3.13. The molecule has 8 heteroatoms. The van der Waals surface area contributed by atoms with Crippen molar-refractivity contribution < 1.29 is 19.1 Å². The number of aromatic nitrogens is 1. The lowest BCUT2D eigenvalue weighted by molar-refractivity contribution is -0.131. The number of nitrogens with one attached hydrogen (secondary N) is 2. The fourth-order valence-electron chi connectivity index (χ4n) is 3.13. The first kappa shape index (κ1) is 20.3. The number of nitrogens with zero attached hydrogens (tertiary/aromatic N) is 2. The summed E-state index contributed by atoms with van der Waals surface area (Å²) in [7, 11) is 1.57. The third-order valence-corrected chi connectivity index (χ3v) is 4.85. The van der Waals surface area contributed by atoms with Crippen molar-refractivity contribution in [3.8, 4) is 5.75 Å². The molecular weight excluding hydrogens is 372 g/mol. The van der Waals surface area contributed by atoms with Crippen molar-refractivity contribution in [1.29, 1.82) is 0 Å². The van der Waals surface area contributed by atoms with Crippen molar-refractivity contribution in [1.82, 2.24) is 15.6 Å². The van der Waals surface area contributed by atoms with E-state index in [-0.39, 0.29) is 30.7 Å². The molecule has 2 heterocycles. The Labute approximate surface area is 169 Å². The predicted molar refractivity (Wildman–Crippen MR) is 107 cm³/mol. The molecule has 3 rings (SSSR count). The van der Waals surface area contributed by atoms with Crippen LogP contribution in [0.2, 0.25) is 0 Å². The van der Waals surface area contributed by atoms with Gasteiger partial charge in [0, 0.05) is 37.6 Å². The number of carbonyl (C=O) groups excluding carboxylic acids is 3. The Morgan fingerprint density at radius 2 is 1.90 bits per heavy atom. The molecule has 2 N–H and O–H groups in total. The summed E-state index contributed by atoms with van der Waals surface area (Å²) < 4.78 is 5.12. The third-order valence-electron chi connectivity index (χ3n) is 4.85. The Hall–Kier alpha value is -3.42. The summed E-state index contributed by atoms with van der Waals surface area (Å²) in [5.74, 6) is -0.515. The Morgan fingerprint density at radius 1 is 1.21 bits per heavy atom. The normalized spacial score (nSPS) is 17.0. The van der Waals surface area contributed by atoms with E-state index >= 15 is 0 Å². The highest BCUT2D eigenvalue weighted by Gasteiger charge is 2.36. The number of anilines is 1. The van der Waals surface area contributed by atoms with Crippen LogP contribution in [0.4, 0.5) is 5.69 Å². The van der Waals surface area contributed by atoms with E-state index in [1.54, 1.807) is 67.7 Å². The molecule has 0 unspecified atom stereocenters. The van der Waals surface area contributed by atoms with Gasteiger partial charge in [0.15, 0.2) is 0 Å². The Balaban J connectivity index is 1.52. The average molecular weight is 396 g/mol. The highest BCUT2D eigenvalue weighted by molar-refractivity contribution is 6.01. The second-order valence-electron chi connectivity index (χ2n) is 6.91. The lowest BCUT2D eigenvalue weighted by atomic mass is 10.1. The first-order valence-electron chi connectivity index (χ1n) is 9.39. The first-order chi connectivity index (χ1) is 14.0. The molecule has 1 aromatic heterocycles. The molecule has 2 atom stereocenters. The second-order valence-corrected chi connectivity index (χ2v) is 6.91. The molecule has 1 aliphatic heterocycles. The number of hydrogen-bond donors (Lipinski definition) is 2. The number of methoxy groups -OCH3 is 1. The summed E-state index contributed by atoms with van der Waals surface area (Å²) in [6.07, 6.45) is 3.42. The van der Waals surface area contributed by atoms with Crippen molar-refractivity contribution in [3.05, 3.63) is 54.4 Å². The molecule has 0 aliphatic carbocycles. The van der Waals surface area contributed by atoms with E-state index < -0.39 is 12.0 Å². The molecule has 2 aromatic rings. The smallest absolute Gasteiger partial charge is 0.242 e. The maximum absolute atomic E-state index is 12.6. The summed E-state index contributed by atoms with van der Waals surface area (Å²) in [4.78, 5) is 42.7. The quantitative estimate of drug-likeness (QED) is 0.734. The zero-order valence-corrected chi connectivity index (χ0v) is 16.4. The fraction of sp³-hybridized carbons (Fsp3) is 0.333. The topological polar surface area (TPSA) is 101 Å². The molecule has 3 amide bonds. The van der Waals surface area contributed by atoms with E-state index in [1.807, 2.05) is 0 Å². The molecule has 0 saturated carbocycles. The summed E-state index contributed by atoms with van der Waals surface area (Å²) in [5.41, 5.74) is 1.64. The van der Waals surface area contributed by atoms with Crippen LogP contribution in [-0.4, -0.2) is 42.4 Å². The highest BCUT2D eigenvalue weighted by Crippen LogP contribution is 2.27. The largest absolute Gasteiger partial charge is 0.497 e. The van der Waals surface area contributed by atoms with Crippen LogP contribution >= 0.6 is 0 Å². The zero-order chi connectivity index (χ0) is 20.8. The molecule has 1 aromatic carbocycles. The average Bonchev–Trinajstić information content (AvgIpc) is 3.14. The van der Waals surface area contributed by atoms with Crippen LogP contribution in [0.1, 0.15) is 18.9 Å². The number of ether oxygens (including phenoxy) is 1. The van der Waals surface area contributed by atoms with Crippen LogP contribution in [0.5, 0.6) is 5.75 Å². The van der Waals surface area contributed by atoms with E-state index in [4.69, 9.17) is 4.74 Å². The van der Waals surface area contributed by atoms with Crippen LogP contribution in [-0.2, 0) is 20.9 Å². The number of rotatable bonds is 7. The van der Waals surface area contributed by atoms with Crippen molar-refractivity contribution in [2.45, 2.75) is 25.9 Å². The predicted octanol–water partition coefficient (Wildman–Crippen LogP) is 1.26. The molecular formula is C21H24N4O4. The first-order valence-corrected chi connectivity index (χ1v) is 9.39. The van der Waals surface area contributed by atoms with E-state index in [1.165, 1.54) is 0 Å². The SMILES string of the molecule is COc1ccc(N2C[C@@H](C(=O)N[C@@H](C)C(=O)NCc3ccncc3)CC2=O)cc1. The standard InChI is InChI=1S/C21H24N4O4/c1-14(20(27)23-12-15-7-9-22-10-8-15)24-21(28)16-11-19(26)25(13-16)17-3-5-18(29-2)6-4-17/h3-10,14,16H,11-13H2,1-2H3,(H,23,27)(H,24,28)/t14-,16-/m0/s1. The third kappa shape index (κ3) is 5.10. The number of pyridine rings is 1. The van der Waals surface area contributed by atoms with Gasteiger partial charge in [-0.25, -0.2) is 0 Å². The Bertz CT molecular complexity index is 870. The van der Waals surface area contributed by atoms with Crippen molar-refractivity contribution in [3.63, 3.8) is 0 Å². The van der Waals surface area contributed by atoms with Gasteiger partial charge in [-0.2, -0.15) is 0 Å². The number of benzene rings is 1. The van der Waals surface area contributed by atoms with Gasteiger partial charge in [-0.1, -0.05) is 0 Å². The maximum Gasteiger partial charge on any atom is 0.242 e. The number of amides is 3. The minimum Gasteiger partial charge on any atom is -0.497 e. The van der Waals surface area contributed by atoms with Gasteiger partial charge in [0.1, 0.15) is 11.8 Å². The summed E-state index contributed by atoms with van der Waals surface area (Å²) in [6, 6.07) is 10.0. The molecule has 1 aliphatic rings. The van der Waals surface area contributed by atoms with Crippen LogP contribution in [0.25, 0.3) is 0 Å². The summed E-state index contributed by atoms with van der Waals surface area (Å²) in [6.45, 7) is 2.26. The van der Waals surface area contributed by atoms with Gasteiger partial charge in [0.2, 0.25) is 17.7 Å². The molecule has 0 spiro atoms. The van der Waals surface area contributed by atoms with Crippen molar-refractivity contribution >= 4 is 23.4 Å². The molecule has 0 radical (unpaired) electrons. The van der Waals surface area contributed by atoms with E-state index in [0.29, 0.717) is 18.0 Å². The van der Waals surface area contributed by atoms with Crippen molar-refractivity contribution in [2.24, 2.45) is 5.92 Å². The van der Waals surface area contributed by atoms with E-state index in [2.05, 4.69) is 15.6 Å². The Kier molecular flexibility index (Phi) is 6.43. The van der Waals surface area contributed by atoms with Crippen LogP contribution in [0.15, 0.2) is 48.8 Å².